The van der Waals surface area contributed by atoms with Crippen LogP contribution in [0.1, 0.15) is 26.7 Å². The maximum absolute atomic E-state index is 12.6. The number of hydroxylamine groups is 1. The lowest BCUT2D eigenvalue weighted by Crippen LogP contribution is -2.50. The lowest BCUT2D eigenvalue weighted by Gasteiger charge is -2.20. The lowest BCUT2D eigenvalue weighted by molar-refractivity contribution is -0.145. The lowest BCUT2D eigenvalue weighted by atomic mass is 10.1. The van der Waals surface area contributed by atoms with Gasteiger partial charge in [0.05, 0.1) is 18.9 Å². The van der Waals surface area contributed by atoms with Crippen LogP contribution in [0.5, 0.6) is 0 Å². The van der Waals surface area contributed by atoms with Gasteiger partial charge in [0.15, 0.2) is 0 Å². The van der Waals surface area contributed by atoms with Gasteiger partial charge in [0, 0.05) is 17.2 Å². The fourth-order valence-corrected chi connectivity index (χ4v) is 3.40. The number of ether oxygens (including phenoxy) is 2. The normalized spacial score (nSPS) is 11.8. The Hall–Kier alpha value is -2.58. The Morgan fingerprint density at radius 1 is 1.11 bits per heavy atom. The third-order valence-corrected chi connectivity index (χ3v) is 5.43. The molecule has 0 aliphatic carbocycles. The zero-order valence-electron chi connectivity index (χ0n) is 19.7. The Balaban J connectivity index is 0.0000122. The number of nitrogens with zero attached hydrogens (tertiary/aromatic N) is 1. The molecule has 0 unspecified atom stereocenters. The summed E-state index contributed by atoms with van der Waals surface area (Å²) in [7, 11) is 0. The zero-order valence-corrected chi connectivity index (χ0v) is 22.1. The van der Waals surface area contributed by atoms with E-state index in [1.165, 1.54) is 24.3 Å². The van der Waals surface area contributed by atoms with E-state index in [4.69, 9.17) is 26.8 Å². The molecule has 0 heterocycles. The van der Waals surface area contributed by atoms with Crippen molar-refractivity contribution >= 4 is 70.4 Å². The van der Waals surface area contributed by atoms with Gasteiger partial charge in [0.25, 0.3) is 0 Å². The summed E-state index contributed by atoms with van der Waals surface area (Å²) in [6.45, 7) is 3.05. The molecule has 202 valence electrons. The van der Waals surface area contributed by atoms with Crippen LogP contribution in [-0.2, 0) is 28.7 Å². The van der Waals surface area contributed by atoms with Crippen molar-refractivity contribution in [1.82, 2.24) is 10.6 Å². The molecule has 1 aromatic rings. The van der Waals surface area contributed by atoms with Gasteiger partial charge in [-0.05, 0) is 44.5 Å². The van der Waals surface area contributed by atoms with Crippen LogP contribution in [0.4, 0.5) is 10.5 Å². The summed E-state index contributed by atoms with van der Waals surface area (Å²) in [6.07, 6.45) is -0.230. The van der Waals surface area contributed by atoms with Crippen LogP contribution in [0.25, 0.3) is 0 Å². The number of carbonyl (C=O) groups excluding carboxylic acids is 5. The van der Waals surface area contributed by atoms with Crippen molar-refractivity contribution in [3.63, 3.8) is 0 Å². The molecular weight excluding hydrogens is 539 g/mol. The Morgan fingerprint density at radius 3 is 2.31 bits per heavy atom. The molecule has 0 bridgehead atoms. The number of hydrogen-bond acceptors (Lipinski definition) is 10. The zero-order chi connectivity index (χ0) is 26.4. The largest absolute Gasteiger partial charge is 0.465 e. The van der Waals surface area contributed by atoms with Gasteiger partial charge in [-0.2, -0.15) is 5.06 Å². The van der Waals surface area contributed by atoms with Gasteiger partial charge < -0.3 is 25.8 Å². The number of rotatable bonds is 13. The number of hydrogen-bond donors (Lipinski definition) is 4. The summed E-state index contributed by atoms with van der Waals surface area (Å²) in [4.78, 5) is 60.4. The highest BCUT2D eigenvalue weighted by Gasteiger charge is 2.25. The molecule has 0 aromatic heterocycles. The molecule has 36 heavy (non-hydrogen) atoms. The standard InChI is InChI=1S/C21H29ClN4O8S.ClH/c1-3-33-18(28)11-24-19(29)16(25-17(27)10-9-15(23)20(30)34-4-2)12-35-21(31)26(32)14-7-5-13(22)6-8-14;/h5-8,15-16,32H,3-4,9-12,23H2,1-2H3,(H,24,29)(H,25,27);1H/t15-,16-;/m0./s1. The molecule has 0 fully saturated rings. The highest BCUT2D eigenvalue weighted by molar-refractivity contribution is 8.13. The van der Waals surface area contributed by atoms with E-state index < -0.39 is 47.6 Å². The second kappa shape index (κ2) is 17.8. The third-order valence-electron chi connectivity index (χ3n) is 4.25. The first-order chi connectivity index (χ1) is 16.6. The Bertz CT molecular complexity index is 891. The molecular formula is C21H30Cl2N4O8S. The van der Waals surface area contributed by atoms with E-state index >= 15 is 0 Å². The molecule has 3 amide bonds. The summed E-state index contributed by atoms with van der Waals surface area (Å²) < 4.78 is 9.52. The quantitative estimate of drug-likeness (QED) is 0.155. The van der Waals surface area contributed by atoms with E-state index in [2.05, 4.69) is 10.6 Å². The first-order valence-electron chi connectivity index (χ1n) is 10.6. The summed E-state index contributed by atoms with van der Waals surface area (Å²) in [5, 5.41) is 14.8. The maximum Gasteiger partial charge on any atom is 0.325 e. The van der Waals surface area contributed by atoms with Crippen LogP contribution < -0.4 is 21.4 Å². The number of halogens is 2. The van der Waals surface area contributed by atoms with Crippen LogP contribution in [0, 0.1) is 0 Å². The monoisotopic (exact) mass is 568 g/mol. The number of anilines is 1. The van der Waals surface area contributed by atoms with E-state index in [1.54, 1.807) is 13.8 Å². The minimum Gasteiger partial charge on any atom is -0.465 e. The SMILES string of the molecule is CCOC(=O)CNC(=O)[C@H](CSC(=O)N(O)c1ccc(Cl)cc1)NC(=O)CC[C@H](N)C(=O)OCC.Cl. The number of carbonyl (C=O) groups is 5. The van der Waals surface area contributed by atoms with Crippen LogP contribution in [0.2, 0.25) is 5.02 Å². The van der Waals surface area contributed by atoms with Crippen LogP contribution in [-0.4, -0.2) is 71.8 Å². The minimum absolute atomic E-state index is 0. The molecule has 0 saturated heterocycles. The van der Waals surface area contributed by atoms with Gasteiger partial charge in [-0.1, -0.05) is 23.4 Å². The first-order valence-corrected chi connectivity index (χ1v) is 12.0. The number of nitrogens with two attached hydrogens (primary N) is 1. The molecule has 0 spiro atoms. The number of benzene rings is 1. The highest BCUT2D eigenvalue weighted by Crippen LogP contribution is 2.20. The average Bonchev–Trinajstić information content (AvgIpc) is 2.83. The molecule has 0 saturated carbocycles. The molecule has 1 rings (SSSR count). The molecule has 5 N–H and O–H groups in total. The first kappa shape index (κ1) is 33.4. The van der Waals surface area contributed by atoms with Crippen molar-refractivity contribution in [3.8, 4) is 0 Å². The van der Waals surface area contributed by atoms with E-state index in [0.717, 1.165) is 0 Å². The van der Waals surface area contributed by atoms with Crippen molar-refractivity contribution in [1.29, 1.82) is 0 Å². The average molecular weight is 569 g/mol. The molecule has 0 radical (unpaired) electrons. The van der Waals surface area contributed by atoms with E-state index in [-0.39, 0.29) is 49.9 Å². The van der Waals surface area contributed by atoms with Gasteiger partial charge in [-0.25, -0.2) is 0 Å². The van der Waals surface area contributed by atoms with Gasteiger partial charge in [0.1, 0.15) is 18.6 Å². The van der Waals surface area contributed by atoms with Crippen LogP contribution in [0.3, 0.4) is 0 Å². The predicted octanol–water partition coefficient (Wildman–Crippen LogP) is 1.65. The molecule has 1 aromatic carbocycles. The molecule has 0 aliphatic heterocycles. The Morgan fingerprint density at radius 2 is 1.72 bits per heavy atom. The predicted molar refractivity (Wildman–Crippen MR) is 136 cm³/mol. The maximum atomic E-state index is 12.6. The highest BCUT2D eigenvalue weighted by atomic mass is 35.5. The van der Waals surface area contributed by atoms with Gasteiger partial charge in [-0.3, -0.25) is 29.2 Å². The van der Waals surface area contributed by atoms with Gasteiger partial charge >= 0.3 is 17.2 Å². The van der Waals surface area contributed by atoms with E-state index in [0.29, 0.717) is 21.8 Å². The van der Waals surface area contributed by atoms with Crippen LogP contribution in [0.15, 0.2) is 24.3 Å². The van der Waals surface area contributed by atoms with E-state index in [1.807, 2.05) is 0 Å². The van der Waals surface area contributed by atoms with E-state index in [9.17, 15) is 29.2 Å². The number of nitrogens with one attached hydrogen (secondary N) is 2. The second-order valence-corrected chi connectivity index (χ2v) is 8.31. The van der Waals surface area contributed by atoms with Crippen molar-refractivity contribution in [3.05, 3.63) is 29.3 Å². The van der Waals surface area contributed by atoms with Crippen molar-refractivity contribution in [2.24, 2.45) is 5.73 Å². The van der Waals surface area contributed by atoms with Crippen molar-refractivity contribution in [2.75, 3.05) is 30.6 Å². The molecule has 0 aliphatic rings. The second-order valence-electron chi connectivity index (χ2n) is 6.91. The summed E-state index contributed by atoms with van der Waals surface area (Å²) in [5.41, 5.74) is 5.82. The van der Waals surface area contributed by atoms with Crippen molar-refractivity contribution < 1.29 is 38.7 Å². The summed E-state index contributed by atoms with van der Waals surface area (Å²) in [6, 6.07) is 3.52. The Labute approximate surface area is 223 Å². The third kappa shape index (κ3) is 12.4. The topological polar surface area (TPSA) is 177 Å². The minimum atomic E-state index is -1.25. The van der Waals surface area contributed by atoms with Gasteiger partial charge in [0.2, 0.25) is 11.8 Å². The fourth-order valence-electron chi connectivity index (χ4n) is 2.50. The number of amides is 3. The van der Waals surface area contributed by atoms with Crippen LogP contribution >= 0.6 is 35.8 Å². The number of thioether (sulfide) groups is 1. The molecule has 15 heteroatoms. The fraction of sp³-hybridized carbons (Fsp3) is 0.476. The van der Waals surface area contributed by atoms with Gasteiger partial charge in [-0.15, -0.1) is 12.4 Å². The summed E-state index contributed by atoms with van der Waals surface area (Å²) in [5.74, 6) is -2.98. The molecule has 2 atom stereocenters. The molecule has 12 nitrogen and oxygen atoms in total. The smallest absolute Gasteiger partial charge is 0.325 e. The summed E-state index contributed by atoms with van der Waals surface area (Å²) >= 11 is 6.35. The van der Waals surface area contributed by atoms with Crippen molar-refractivity contribution in [2.45, 2.75) is 38.8 Å². The Kier molecular flexibility index (Phi) is 16.5. The number of esters is 2.